The van der Waals surface area contributed by atoms with E-state index in [0.29, 0.717) is 0 Å². The number of carbonyl (C=O) groups is 1. The van der Waals surface area contributed by atoms with Crippen LogP contribution in [0.3, 0.4) is 0 Å². The van der Waals surface area contributed by atoms with E-state index in [2.05, 4.69) is 36.5 Å². The van der Waals surface area contributed by atoms with E-state index in [1.807, 2.05) is 17.9 Å². The standard InChI is InChI=1S/C18H28N2O/c1-3-4-12-17(16-10-6-5-7-11-16)19-15(2)18(21)20-13-8-9-14-20/h5-7,10-11,15,17,19H,3-4,8-9,12-14H2,1-2H3. The SMILES string of the molecule is CCCCC(NC(C)C(=O)N1CCCC1)c1ccccc1. The van der Waals surface area contributed by atoms with Crippen molar-refractivity contribution in [2.24, 2.45) is 0 Å². The fourth-order valence-corrected chi connectivity index (χ4v) is 3.02. The number of carbonyl (C=O) groups excluding carboxylic acids is 1. The van der Waals surface area contributed by atoms with Crippen LogP contribution >= 0.6 is 0 Å². The number of nitrogens with one attached hydrogen (secondary N) is 1. The van der Waals surface area contributed by atoms with Crippen LogP contribution in [0.25, 0.3) is 0 Å². The van der Waals surface area contributed by atoms with Crippen molar-refractivity contribution in [3.05, 3.63) is 35.9 Å². The second-order valence-corrected chi connectivity index (χ2v) is 6.03. The lowest BCUT2D eigenvalue weighted by Crippen LogP contribution is -2.45. The zero-order valence-electron chi connectivity index (χ0n) is 13.3. The Bertz CT molecular complexity index is 426. The first-order valence-corrected chi connectivity index (χ1v) is 8.32. The van der Waals surface area contributed by atoms with Gasteiger partial charge >= 0.3 is 0 Å². The highest BCUT2D eigenvalue weighted by atomic mass is 16.2. The molecule has 1 amide bonds. The molecule has 2 atom stereocenters. The summed E-state index contributed by atoms with van der Waals surface area (Å²) in [6.45, 7) is 6.06. The first-order chi connectivity index (χ1) is 10.2. The minimum atomic E-state index is -0.106. The molecule has 1 aromatic rings. The Hall–Kier alpha value is -1.35. The van der Waals surface area contributed by atoms with Crippen molar-refractivity contribution in [2.75, 3.05) is 13.1 Å². The lowest BCUT2D eigenvalue weighted by atomic mass is 10.00. The third-order valence-electron chi connectivity index (χ3n) is 4.29. The number of hydrogen-bond donors (Lipinski definition) is 1. The van der Waals surface area contributed by atoms with Gasteiger partial charge in [-0.1, -0.05) is 50.1 Å². The second-order valence-electron chi connectivity index (χ2n) is 6.03. The van der Waals surface area contributed by atoms with Crippen molar-refractivity contribution < 1.29 is 4.79 Å². The monoisotopic (exact) mass is 288 g/mol. The predicted octanol–water partition coefficient (Wildman–Crippen LogP) is 3.52. The highest BCUT2D eigenvalue weighted by Crippen LogP contribution is 2.20. The lowest BCUT2D eigenvalue weighted by Gasteiger charge is -2.26. The molecule has 1 aromatic carbocycles. The van der Waals surface area contributed by atoms with E-state index in [-0.39, 0.29) is 18.0 Å². The molecule has 1 saturated heterocycles. The zero-order chi connectivity index (χ0) is 15.1. The molecule has 2 rings (SSSR count). The maximum Gasteiger partial charge on any atom is 0.239 e. The van der Waals surface area contributed by atoms with Gasteiger partial charge in [-0.15, -0.1) is 0 Å². The number of hydrogen-bond acceptors (Lipinski definition) is 2. The van der Waals surface area contributed by atoms with Gasteiger partial charge in [-0.25, -0.2) is 0 Å². The molecule has 116 valence electrons. The fraction of sp³-hybridized carbons (Fsp3) is 0.611. The van der Waals surface area contributed by atoms with Crippen LogP contribution in [0.4, 0.5) is 0 Å². The van der Waals surface area contributed by atoms with Crippen molar-refractivity contribution in [3.63, 3.8) is 0 Å². The van der Waals surface area contributed by atoms with Crippen molar-refractivity contribution in [3.8, 4) is 0 Å². The molecule has 0 aliphatic carbocycles. The molecule has 1 fully saturated rings. The van der Waals surface area contributed by atoms with Crippen molar-refractivity contribution in [1.82, 2.24) is 10.2 Å². The molecule has 1 N–H and O–H groups in total. The molecule has 1 aliphatic heterocycles. The summed E-state index contributed by atoms with van der Waals surface area (Å²) >= 11 is 0. The van der Waals surface area contributed by atoms with Crippen molar-refractivity contribution in [1.29, 1.82) is 0 Å². The minimum Gasteiger partial charge on any atom is -0.341 e. The molecule has 1 heterocycles. The average molecular weight is 288 g/mol. The molecule has 1 aliphatic rings. The summed E-state index contributed by atoms with van der Waals surface area (Å²) in [4.78, 5) is 14.4. The predicted molar refractivity (Wildman–Crippen MR) is 87.1 cm³/mol. The van der Waals surface area contributed by atoms with E-state index in [0.717, 1.165) is 32.4 Å². The zero-order valence-corrected chi connectivity index (χ0v) is 13.3. The van der Waals surface area contributed by atoms with Gasteiger partial charge < -0.3 is 4.90 Å². The number of benzene rings is 1. The number of likely N-dealkylation sites (tertiary alicyclic amines) is 1. The highest BCUT2D eigenvalue weighted by Gasteiger charge is 2.25. The maximum absolute atomic E-state index is 12.4. The van der Waals surface area contributed by atoms with Gasteiger partial charge in [-0.2, -0.15) is 0 Å². The molecule has 21 heavy (non-hydrogen) atoms. The third kappa shape index (κ3) is 4.57. The Kier molecular flexibility index (Phi) is 6.24. The van der Waals surface area contributed by atoms with Crippen LogP contribution in [0.15, 0.2) is 30.3 Å². The van der Waals surface area contributed by atoms with Gasteiger partial charge in [0, 0.05) is 19.1 Å². The first-order valence-electron chi connectivity index (χ1n) is 8.32. The van der Waals surface area contributed by atoms with Crippen LogP contribution in [-0.2, 0) is 4.79 Å². The van der Waals surface area contributed by atoms with Gasteiger partial charge in [0.25, 0.3) is 0 Å². The van der Waals surface area contributed by atoms with Crippen LogP contribution < -0.4 is 5.32 Å². The van der Waals surface area contributed by atoms with Gasteiger partial charge in [0.15, 0.2) is 0 Å². The van der Waals surface area contributed by atoms with Gasteiger partial charge in [0.05, 0.1) is 6.04 Å². The van der Waals surface area contributed by atoms with Crippen LogP contribution in [-0.4, -0.2) is 29.9 Å². The van der Waals surface area contributed by atoms with Gasteiger partial charge in [0.2, 0.25) is 5.91 Å². The normalized spacial score (nSPS) is 17.7. The number of nitrogens with zero attached hydrogens (tertiary/aromatic N) is 1. The van der Waals surface area contributed by atoms with Crippen LogP contribution in [0.2, 0.25) is 0 Å². The Morgan fingerprint density at radius 2 is 1.90 bits per heavy atom. The van der Waals surface area contributed by atoms with E-state index in [1.54, 1.807) is 0 Å². The summed E-state index contributed by atoms with van der Waals surface area (Å²) in [5.74, 6) is 0.255. The lowest BCUT2D eigenvalue weighted by molar-refractivity contribution is -0.132. The summed E-state index contributed by atoms with van der Waals surface area (Å²) in [5.41, 5.74) is 1.28. The average Bonchev–Trinajstić information content (AvgIpc) is 3.05. The van der Waals surface area contributed by atoms with Gasteiger partial charge in [0.1, 0.15) is 0 Å². The molecule has 3 heteroatoms. The number of amides is 1. The van der Waals surface area contributed by atoms with Crippen LogP contribution in [0.1, 0.15) is 57.6 Å². The molecular weight excluding hydrogens is 260 g/mol. The molecule has 0 radical (unpaired) electrons. The second kappa shape index (κ2) is 8.18. The van der Waals surface area contributed by atoms with E-state index in [1.165, 1.54) is 18.4 Å². The molecular formula is C18H28N2O. The molecule has 3 nitrogen and oxygen atoms in total. The van der Waals surface area contributed by atoms with Gasteiger partial charge in [-0.3, -0.25) is 10.1 Å². The smallest absolute Gasteiger partial charge is 0.239 e. The maximum atomic E-state index is 12.4. The summed E-state index contributed by atoms with van der Waals surface area (Å²) in [7, 11) is 0. The fourth-order valence-electron chi connectivity index (χ4n) is 3.02. The summed E-state index contributed by atoms with van der Waals surface area (Å²) in [6, 6.07) is 10.7. The highest BCUT2D eigenvalue weighted by molar-refractivity contribution is 5.81. The van der Waals surface area contributed by atoms with Crippen LogP contribution in [0, 0.1) is 0 Å². The Morgan fingerprint density at radius 3 is 2.52 bits per heavy atom. The van der Waals surface area contributed by atoms with E-state index < -0.39 is 0 Å². The Morgan fingerprint density at radius 1 is 1.24 bits per heavy atom. The van der Waals surface area contributed by atoms with E-state index in [9.17, 15) is 4.79 Å². The quantitative estimate of drug-likeness (QED) is 0.832. The van der Waals surface area contributed by atoms with Gasteiger partial charge in [-0.05, 0) is 31.7 Å². The molecule has 2 unspecified atom stereocenters. The topological polar surface area (TPSA) is 32.3 Å². The summed E-state index contributed by atoms with van der Waals surface area (Å²) in [6.07, 6.45) is 5.74. The molecule has 0 spiro atoms. The van der Waals surface area contributed by atoms with E-state index in [4.69, 9.17) is 0 Å². The molecule has 0 saturated carbocycles. The minimum absolute atomic E-state index is 0.106. The number of rotatable bonds is 7. The number of unbranched alkanes of at least 4 members (excludes halogenated alkanes) is 1. The van der Waals surface area contributed by atoms with E-state index >= 15 is 0 Å². The third-order valence-corrected chi connectivity index (χ3v) is 4.29. The van der Waals surface area contributed by atoms with Crippen LogP contribution in [0.5, 0.6) is 0 Å². The Balaban J connectivity index is 1.98. The molecule has 0 aromatic heterocycles. The summed E-state index contributed by atoms with van der Waals surface area (Å²) < 4.78 is 0. The Labute approximate surface area is 128 Å². The summed E-state index contributed by atoms with van der Waals surface area (Å²) in [5, 5.41) is 3.55. The molecule has 0 bridgehead atoms. The largest absolute Gasteiger partial charge is 0.341 e. The van der Waals surface area contributed by atoms with Crippen molar-refractivity contribution in [2.45, 2.75) is 58.0 Å². The van der Waals surface area contributed by atoms with Crippen molar-refractivity contribution >= 4 is 5.91 Å². The first kappa shape index (κ1) is 16.0.